The molecule has 1 amide bonds. The molecular formula is C22H34N2O4. The monoisotopic (exact) mass is 390 g/mol. The second-order valence-corrected chi connectivity index (χ2v) is 7.90. The summed E-state index contributed by atoms with van der Waals surface area (Å²) in [7, 11) is 0. The number of aliphatic hydroxyl groups is 1. The molecule has 1 saturated carbocycles. The summed E-state index contributed by atoms with van der Waals surface area (Å²) >= 11 is 0. The number of ether oxygens (including phenoxy) is 2. The first-order chi connectivity index (χ1) is 13.7. The van der Waals surface area contributed by atoms with Gasteiger partial charge in [-0.25, -0.2) is 0 Å². The molecule has 28 heavy (non-hydrogen) atoms. The maximum atomic E-state index is 12.9. The van der Waals surface area contributed by atoms with Gasteiger partial charge in [0.1, 0.15) is 13.2 Å². The number of unbranched alkanes of at least 4 members (excludes halogenated alkanes) is 2. The lowest BCUT2D eigenvalue weighted by atomic mass is 9.87. The molecule has 1 aliphatic heterocycles. The summed E-state index contributed by atoms with van der Waals surface area (Å²) in [5, 5.41) is 12.7. The second-order valence-electron chi connectivity index (χ2n) is 7.90. The molecule has 0 spiro atoms. The van der Waals surface area contributed by atoms with Crippen LogP contribution in [0.5, 0.6) is 11.5 Å². The van der Waals surface area contributed by atoms with E-state index < -0.39 is 0 Å². The van der Waals surface area contributed by atoms with Crippen LogP contribution in [0.1, 0.15) is 57.4 Å². The highest BCUT2D eigenvalue weighted by molar-refractivity contribution is 5.79. The predicted octanol–water partition coefficient (Wildman–Crippen LogP) is 2.83. The standard InChI is InChI=1S/C22H34N2O4/c1-2-3-6-11-24(12-13-25)17-21(26)23-22(9-4-5-10-22)18-7-8-19-20(16-18)28-15-14-27-19/h7-8,16,25H,2-6,9-15,17H2,1H3,(H,23,26). The first-order valence-electron chi connectivity index (χ1n) is 10.7. The molecule has 0 saturated heterocycles. The Labute approximate surface area is 168 Å². The molecule has 1 fully saturated rings. The summed E-state index contributed by atoms with van der Waals surface area (Å²) in [4.78, 5) is 14.9. The maximum absolute atomic E-state index is 12.9. The Morgan fingerprint density at radius 1 is 1.14 bits per heavy atom. The third kappa shape index (κ3) is 5.17. The summed E-state index contributed by atoms with van der Waals surface area (Å²) in [6.45, 7) is 5.09. The van der Waals surface area contributed by atoms with Gasteiger partial charge in [-0.3, -0.25) is 9.69 Å². The van der Waals surface area contributed by atoms with E-state index in [1.54, 1.807) is 0 Å². The van der Waals surface area contributed by atoms with E-state index in [-0.39, 0.29) is 18.1 Å². The lowest BCUT2D eigenvalue weighted by Crippen LogP contribution is -2.48. The van der Waals surface area contributed by atoms with Gasteiger partial charge in [-0.1, -0.05) is 38.7 Å². The minimum Gasteiger partial charge on any atom is -0.486 e. The Balaban J connectivity index is 1.68. The zero-order valence-corrected chi connectivity index (χ0v) is 17.0. The van der Waals surface area contributed by atoms with Gasteiger partial charge in [0.2, 0.25) is 5.91 Å². The van der Waals surface area contributed by atoms with Crippen LogP contribution in [-0.4, -0.2) is 55.4 Å². The lowest BCUT2D eigenvalue weighted by molar-refractivity contribution is -0.124. The minimum atomic E-state index is -0.332. The molecule has 6 heteroatoms. The molecule has 1 aromatic carbocycles. The molecule has 0 aromatic heterocycles. The molecule has 0 bridgehead atoms. The van der Waals surface area contributed by atoms with Crippen molar-refractivity contribution in [2.24, 2.45) is 0 Å². The zero-order chi connectivity index (χ0) is 19.8. The first-order valence-corrected chi connectivity index (χ1v) is 10.7. The fourth-order valence-corrected chi connectivity index (χ4v) is 4.31. The Morgan fingerprint density at radius 3 is 2.61 bits per heavy atom. The van der Waals surface area contributed by atoms with Crippen molar-refractivity contribution >= 4 is 5.91 Å². The smallest absolute Gasteiger partial charge is 0.234 e. The van der Waals surface area contributed by atoms with E-state index in [4.69, 9.17) is 9.47 Å². The van der Waals surface area contributed by atoms with Gasteiger partial charge < -0.3 is 19.9 Å². The third-order valence-corrected chi connectivity index (χ3v) is 5.79. The summed E-state index contributed by atoms with van der Waals surface area (Å²) in [6, 6.07) is 6.05. The molecular weight excluding hydrogens is 356 g/mol. The van der Waals surface area contributed by atoms with Gasteiger partial charge in [-0.2, -0.15) is 0 Å². The number of nitrogens with zero attached hydrogens (tertiary/aromatic N) is 1. The van der Waals surface area contributed by atoms with Crippen molar-refractivity contribution < 1.29 is 19.4 Å². The van der Waals surface area contributed by atoms with E-state index in [2.05, 4.69) is 23.2 Å². The number of amides is 1. The average Bonchev–Trinajstić information content (AvgIpc) is 3.17. The van der Waals surface area contributed by atoms with Gasteiger partial charge in [0, 0.05) is 6.54 Å². The molecule has 6 nitrogen and oxygen atoms in total. The quantitative estimate of drug-likeness (QED) is 0.601. The van der Waals surface area contributed by atoms with Crippen molar-refractivity contribution in [2.75, 3.05) is 39.5 Å². The van der Waals surface area contributed by atoms with Crippen LogP contribution in [0.2, 0.25) is 0 Å². The molecule has 156 valence electrons. The lowest BCUT2D eigenvalue weighted by Gasteiger charge is -2.33. The first kappa shape index (κ1) is 20.9. The normalized spacial score (nSPS) is 17.7. The summed E-state index contributed by atoms with van der Waals surface area (Å²) in [5.74, 6) is 1.58. The summed E-state index contributed by atoms with van der Waals surface area (Å²) in [6.07, 6.45) is 7.42. The van der Waals surface area contributed by atoms with Crippen LogP contribution < -0.4 is 14.8 Å². The van der Waals surface area contributed by atoms with Crippen molar-refractivity contribution in [3.63, 3.8) is 0 Å². The van der Waals surface area contributed by atoms with E-state index in [1.165, 1.54) is 0 Å². The Bertz CT molecular complexity index is 643. The Morgan fingerprint density at radius 2 is 1.89 bits per heavy atom. The number of benzene rings is 1. The minimum absolute atomic E-state index is 0.0294. The number of rotatable bonds is 10. The number of hydrogen-bond donors (Lipinski definition) is 2. The van der Waals surface area contributed by atoms with Crippen LogP contribution in [0.3, 0.4) is 0 Å². The van der Waals surface area contributed by atoms with E-state index in [0.29, 0.717) is 26.3 Å². The van der Waals surface area contributed by atoms with E-state index in [0.717, 1.165) is 68.6 Å². The molecule has 1 heterocycles. The molecule has 1 aromatic rings. The van der Waals surface area contributed by atoms with E-state index in [1.807, 2.05) is 12.1 Å². The molecule has 1 aliphatic carbocycles. The van der Waals surface area contributed by atoms with Crippen molar-refractivity contribution in [2.45, 2.75) is 57.4 Å². The van der Waals surface area contributed by atoms with Crippen molar-refractivity contribution in [3.8, 4) is 11.5 Å². The van der Waals surface area contributed by atoms with Crippen LogP contribution in [0, 0.1) is 0 Å². The number of carbonyl (C=O) groups excluding carboxylic acids is 1. The fourth-order valence-electron chi connectivity index (χ4n) is 4.31. The van der Waals surface area contributed by atoms with Gasteiger partial charge in [0.15, 0.2) is 11.5 Å². The van der Waals surface area contributed by atoms with Crippen molar-refractivity contribution in [1.29, 1.82) is 0 Å². The van der Waals surface area contributed by atoms with Crippen molar-refractivity contribution in [1.82, 2.24) is 10.2 Å². The van der Waals surface area contributed by atoms with Crippen LogP contribution in [0.25, 0.3) is 0 Å². The number of hydrogen-bond acceptors (Lipinski definition) is 5. The number of fused-ring (bicyclic) bond motifs is 1. The highest BCUT2D eigenvalue weighted by Crippen LogP contribution is 2.42. The average molecular weight is 391 g/mol. The number of nitrogens with one attached hydrogen (secondary N) is 1. The van der Waals surface area contributed by atoms with E-state index in [9.17, 15) is 9.90 Å². The SMILES string of the molecule is CCCCCN(CCO)CC(=O)NC1(c2ccc3c(c2)OCCO3)CCCC1. The molecule has 0 atom stereocenters. The predicted molar refractivity (Wildman–Crippen MR) is 109 cm³/mol. The summed E-state index contributed by atoms with van der Waals surface area (Å²) < 4.78 is 11.4. The van der Waals surface area contributed by atoms with Crippen molar-refractivity contribution in [3.05, 3.63) is 23.8 Å². The van der Waals surface area contributed by atoms with Crippen LogP contribution in [0.4, 0.5) is 0 Å². The zero-order valence-electron chi connectivity index (χ0n) is 17.0. The highest BCUT2D eigenvalue weighted by Gasteiger charge is 2.38. The topological polar surface area (TPSA) is 71.0 Å². The van der Waals surface area contributed by atoms with Crippen LogP contribution >= 0.6 is 0 Å². The van der Waals surface area contributed by atoms with E-state index >= 15 is 0 Å². The molecule has 0 unspecified atom stereocenters. The number of aliphatic hydroxyl groups excluding tert-OH is 1. The molecule has 2 N–H and O–H groups in total. The van der Waals surface area contributed by atoms with Crippen LogP contribution in [0.15, 0.2) is 18.2 Å². The largest absolute Gasteiger partial charge is 0.486 e. The van der Waals surface area contributed by atoms with Crippen LogP contribution in [-0.2, 0) is 10.3 Å². The second kappa shape index (κ2) is 10.1. The summed E-state index contributed by atoms with van der Waals surface area (Å²) in [5.41, 5.74) is 0.767. The molecule has 2 aliphatic rings. The van der Waals surface area contributed by atoms with Gasteiger partial charge in [-0.15, -0.1) is 0 Å². The van der Waals surface area contributed by atoms with Gasteiger partial charge >= 0.3 is 0 Å². The van der Waals surface area contributed by atoms with Gasteiger partial charge in [0.25, 0.3) is 0 Å². The molecule has 3 rings (SSSR count). The Kier molecular flexibility index (Phi) is 7.57. The highest BCUT2D eigenvalue weighted by atomic mass is 16.6. The fraction of sp³-hybridized carbons (Fsp3) is 0.682. The third-order valence-electron chi connectivity index (χ3n) is 5.79. The Hall–Kier alpha value is -1.79. The number of carbonyl (C=O) groups is 1. The molecule has 0 radical (unpaired) electrons. The van der Waals surface area contributed by atoms with Gasteiger partial charge in [-0.05, 0) is 43.5 Å². The maximum Gasteiger partial charge on any atom is 0.234 e. The van der Waals surface area contributed by atoms with Gasteiger partial charge in [0.05, 0.1) is 18.7 Å².